The minimum Gasteiger partial charge on any atom is -0.367 e. The predicted molar refractivity (Wildman–Crippen MR) is 89.2 cm³/mol. The van der Waals surface area contributed by atoms with E-state index in [9.17, 15) is 0 Å². The number of nitrogen functional groups attached to an aromatic ring is 1. The molecule has 1 heterocycles. The van der Waals surface area contributed by atoms with E-state index in [0.717, 1.165) is 27.9 Å². The zero-order valence-corrected chi connectivity index (χ0v) is 13.1. The van der Waals surface area contributed by atoms with Crippen LogP contribution >= 0.6 is 22.6 Å². The molecule has 0 saturated carbocycles. The zero-order valence-electron chi connectivity index (χ0n) is 10.9. The van der Waals surface area contributed by atoms with Gasteiger partial charge in [-0.15, -0.1) is 0 Å². The van der Waals surface area contributed by atoms with Gasteiger partial charge in [0.25, 0.3) is 0 Å². The smallest absolute Gasteiger partial charge is 0.230 e. The highest BCUT2D eigenvalue weighted by Crippen LogP contribution is 2.37. The Balaban J connectivity index is 2.20. The first-order chi connectivity index (χ1) is 9.66. The summed E-state index contributed by atoms with van der Waals surface area (Å²) in [5.41, 5.74) is 10.8. The van der Waals surface area contributed by atoms with Gasteiger partial charge in [-0.2, -0.15) is 0 Å². The van der Waals surface area contributed by atoms with Crippen molar-refractivity contribution < 1.29 is 4.52 Å². The molecule has 100 valence electrons. The largest absolute Gasteiger partial charge is 0.367 e. The molecule has 0 unspecified atom stereocenters. The first-order valence-corrected chi connectivity index (χ1v) is 7.32. The maximum absolute atomic E-state index is 5.98. The van der Waals surface area contributed by atoms with Gasteiger partial charge in [-0.25, -0.2) is 0 Å². The number of hydrogen-bond acceptors (Lipinski definition) is 3. The third-order valence-corrected chi connectivity index (χ3v) is 3.97. The summed E-state index contributed by atoms with van der Waals surface area (Å²) in [7, 11) is 0. The van der Waals surface area contributed by atoms with E-state index in [1.54, 1.807) is 0 Å². The zero-order chi connectivity index (χ0) is 14.1. The van der Waals surface area contributed by atoms with Gasteiger partial charge in [0.2, 0.25) is 5.88 Å². The van der Waals surface area contributed by atoms with Crippen molar-refractivity contribution in [3.8, 4) is 22.4 Å². The predicted octanol–water partition coefficient (Wildman–Crippen LogP) is 4.50. The summed E-state index contributed by atoms with van der Waals surface area (Å²) in [6, 6.07) is 16.2. The second-order valence-corrected chi connectivity index (χ2v) is 5.84. The summed E-state index contributed by atoms with van der Waals surface area (Å²) in [6.07, 6.45) is 0. The second kappa shape index (κ2) is 5.28. The van der Waals surface area contributed by atoms with Crippen LogP contribution in [0.5, 0.6) is 0 Å². The molecule has 0 aliphatic rings. The van der Waals surface area contributed by atoms with E-state index in [4.69, 9.17) is 10.3 Å². The highest BCUT2D eigenvalue weighted by Gasteiger charge is 2.18. The number of rotatable bonds is 2. The van der Waals surface area contributed by atoms with Crippen molar-refractivity contribution in [2.75, 3.05) is 5.73 Å². The molecule has 0 aliphatic heterocycles. The molecule has 0 amide bonds. The molecule has 0 atom stereocenters. The van der Waals surface area contributed by atoms with E-state index in [1.807, 2.05) is 42.5 Å². The monoisotopic (exact) mass is 376 g/mol. The summed E-state index contributed by atoms with van der Waals surface area (Å²) in [5, 5.41) is 4.13. The minimum absolute atomic E-state index is 0.354. The highest BCUT2D eigenvalue weighted by atomic mass is 127. The molecular weight excluding hydrogens is 363 g/mol. The van der Waals surface area contributed by atoms with Gasteiger partial charge in [0.05, 0.1) is 5.56 Å². The Bertz CT molecular complexity index is 747. The van der Waals surface area contributed by atoms with Gasteiger partial charge >= 0.3 is 0 Å². The van der Waals surface area contributed by atoms with E-state index in [1.165, 1.54) is 3.57 Å². The van der Waals surface area contributed by atoms with Crippen molar-refractivity contribution in [2.45, 2.75) is 6.92 Å². The summed E-state index contributed by atoms with van der Waals surface area (Å²) in [6.45, 7) is 2.06. The average Bonchev–Trinajstić information content (AvgIpc) is 2.82. The number of benzene rings is 2. The van der Waals surface area contributed by atoms with Crippen LogP contribution in [0.25, 0.3) is 22.4 Å². The topological polar surface area (TPSA) is 52.0 Å². The van der Waals surface area contributed by atoms with Crippen LogP contribution in [-0.4, -0.2) is 5.16 Å². The molecule has 0 fully saturated rings. The Hall–Kier alpha value is -1.82. The maximum atomic E-state index is 5.98. The van der Waals surface area contributed by atoms with Crippen LogP contribution in [-0.2, 0) is 0 Å². The molecule has 20 heavy (non-hydrogen) atoms. The number of nitrogens with zero attached hydrogens (tertiary/aromatic N) is 1. The van der Waals surface area contributed by atoms with Crippen LogP contribution in [0.4, 0.5) is 5.88 Å². The van der Waals surface area contributed by atoms with Crippen molar-refractivity contribution in [3.63, 3.8) is 0 Å². The van der Waals surface area contributed by atoms with Gasteiger partial charge in [-0.1, -0.05) is 41.6 Å². The maximum Gasteiger partial charge on any atom is 0.230 e. The quantitative estimate of drug-likeness (QED) is 0.670. The summed E-state index contributed by atoms with van der Waals surface area (Å²) in [5.74, 6) is 0.354. The van der Waals surface area contributed by atoms with Gasteiger partial charge in [0, 0.05) is 9.13 Å². The Morgan fingerprint density at radius 1 is 1.05 bits per heavy atom. The molecule has 2 aromatic carbocycles. The van der Waals surface area contributed by atoms with Gasteiger partial charge in [0.15, 0.2) is 0 Å². The lowest BCUT2D eigenvalue weighted by atomic mass is 9.97. The van der Waals surface area contributed by atoms with Crippen LogP contribution in [0.3, 0.4) is 0 Å². The van der Waals surface area contributed by atoms with Crippen molar-refractivity contribution >= 4 is 28.5 Å². The van der Waals surface area contributed by atoms with Crippen LogP contribution in [0.2, 0.25) is 0 Å². The number of nitrogens with two attached hydrogens (primary N) is 1. The number of hydrogen-bond donors (Lipinski definition) is 1. The van der Waals surface area contributed by atoms with Crippen molar-refractivity contribution in [1.29, 1.82) is 0 Å². The lowest BCUT2D eigenvalue weighted by Gasteiger charge is -2.06. The first kappa shape index (κ1) is 13.2. The van der Waals surface area contributed by atoms with E-state index >= 15 is 0 Å². The van der Waals surface area contributed by atoms with Gasteiger partial charge in [-0.05, 0) is 52.8 Å². The minimum atomic E-state index is 0.354. The second-order valence-electron chi connectivity index (χ2n) is 4.59. The van der Waals surface area contributed by atoms with Gasteiger partial charge in [-0.3, -0.25) is 0 Å². The van der Waals surface area contributed by atoms with Crippen LogP contribution in [0.15, 0.2) is 53.1 Å². The Kier molecular flexibility index (Phi) is 3.48. The van der Waals surface area contributed by atoms with Crippen LogP contribution < -0.4 is 5.73 Å². The van der Waals surface area contributed by atoms with E-state index < -0.39 is 0 Å². The summed E-state index contributed by atoms with van der Waals surface area (Å²) >= 11 is 2.28. The van der Waals surface area contributed by atoms with Crippen LogP contribution in [0, 0.1) is 10.5 Å². The molecule has 0 bridgehead atoms. The van der Waals surface area contributed by atoms with Gasteiger partial charge < -0.3 is 10.3 Å². The highest BCUT2D eigenvalue weighted by molar-refractivity contribution is 14.1. The van der Waals surface area contributed by atoms with Crippen molar-refractivity contribution in [2.24, 2.45) is 0 Å². The Morgan fingerprint density at radius 2 is 1.75 bits per heavy atom. The normalized spacial score (nSPS) is 10.7. The lowest BCUT2D eigenvalue weighted by Crippen LogP contribution is -1.90. The van der Waals surface area contributed by atoms with E-state index in [-0.39, 0.29) is 0 Å². The number of aryl methyl sites for hydroxylation is 1. The molecule has 3 nitrogen and oxygen atoms in total. The van der Waals surface area contributed by atoms with Crippen LogP contribution in [0.1, 0.15) is 5.56 Å². The standard InChI is InChI=1S/C16H13IN2O/c1-10-4-2-3-5-13(10)14-15(19-20-16(14)18)11-6-8-12(17)9-7-11/h2-9H,18H2,1H3. The molecule has 0 radical (unpaired) electrons. The number of aromatic nitrogens is 1. The van der Waals surface area contributed by atoms with E-state index in [2.05, 4.69) is 40.7 Å². The average molecular weight is 376 g/mol. The molecule has 4 heteroatoms. The SMILES string of the molecule is Cc1ccccc1-c1c(-c2ccc(I)cc2)noc1N. The first-order valence-electron chi connectivity index (χ1n) is 6.24. The number of halogens is 1. The molecule has 3 rings (SSSR count). The molecule has 0 saturated heterocycles. The Labute approximate surface area is 130 Å². The molecule has 1 aromatic heterocycles. The fourth-order valence-electron chi connectivity index (χ4n) is 2.22. The third kappa shape index (κ3) is 2.31. The molecule has 0 aliphatic carbocycles. The van der Waals surface area contributed by atoms with Crippen molar-refractivity contribution in [3.05, 3.63) is 57.7 Å². The molecule has 2 N–H and O–H groups in total. The fraction of sp³-hybridized carbons (Fsp3) is 0.0625. The van der Waals surface area contributed by atoms with Gasteiger partial charge in [0.1, 0.15) is 5.69 Å². The van der Waals surface area contributed by atoms with Crippen molar-refractivity contribution in [1.82, 2.24) is 5.16 Å². The molecular formula is C16H13IN2O. The Morgan fingerprint density at radius 3 is 2.45 bits per heavy atom. The number of anilines is 1. The fourth-order valence-corrected chi connectivity index (χ4v) is 2.58. The molecule has 0 spiro atoms. The summed E-state index contributed by atoms with van der Waals surface area (Å²) < 4.78 is 6.40. The lowest BCUT2D eigenvalue weighted by molar-refractivity contribution is 0.439. The van der Waals surface area contributed by atoms with E-state index in [0.29, 0.717) is 5.88 Å². The third-order valence-electron chi connectivity index (χ3n) is 3.25. The molecule has 3 aromatic rings. The summed E-state index contributed by atoms with van der Waals surface area (Å²) in [4.78, 5) is 0.